The minimum atomic E-state index is 0.554. The molecule has 4 nitrogen and oxygen atoms in total. The Labute approximate surface area is 69.6 Å². The molecular formula is C6H11N3OS. The molecule has 1 aromatic rings. The van der Waals surface area contributed by atoms with E-state index in [4.69, 9.17) is 10.2 Å². The van der Waals surface area contributed by atoms with Crippen LogP contribution in [0.2, 0.25) is 0 Å². The standard InChI is InChI=1S/C6H11N3OS/c1-2-11-6-9-8-5(10-6)3-4-7/h2-4,7H2,1H3. The van der Waals surface area contributed by atoms with Crippen LogP contribution in [0.4, 0.5) is 0 Å². The van der Waals surface area contributed by atoms with E-state index in [-0.39, 0.29) is 0 Å². The van der Waals surface area contributed by atoms with Crippen LogP contribution in [0, 0.1) is 0 Å². The van der Waals surface area contributed by atoms with Crippen LogP contribution in [0.1, 0.15) is 12.8 Å². The Kier molecular flexibility index (Phi) is 3.38. The SMILES string of the molecule is CCSc1nnc(CCN)o1. The summed E-state index contributed by atoms with van der Waals surface area (Å²) in [5, 5.41) is 8.26. The van der Waals surface area contributed by atoms with Crippen molar-refractivity contribution < 1.29 is 4.42 Å². The highest BCUT2D eigenvalue weighted by Crippen LogP contribution is 2.14. The molecular weight excluding hydrogens is 162 g/mol. The van der Waals surface area contributed by atoms with Gasteiger partial charge in [-0.2, -0.15) is 0 Å². The smallest absolute Gasteiger partial charge is 0.276 e. The Morgan fingerprint density at radius 1 is 1.55 bits per heavy atom. The van der Waals surface area contributed by atoms with Gasteiger partial charge in [0, 0.05) is 13.0 Å². The van der Waals surface area contributed by atoms with Gasteiger partial charge in [0.15, 0.2) is 0 Å². The molecule has 0 radical (unpaired) electrons. The van der Waals surface area contributed by atoms with Crippen molar-refractivity contribution in [1.82, 2.24) is 10.2 Å². The summed E-state index contributed by atoms with van der Waals surface area (Å²) in [4.78, 5) is 0. The molecule has 2 N–H and O–H groups in total. The number of nitrogens with zero attached hydrogens (tertiary/aromatic N) is 2. The lowest BCUT2D eigenvalue weighted by molar-refractivity contribution is 0.414. The van der Waals surface area contributed by atoms with Crippen LogP contribution in [-0.2, 0) is 6.42 Å². The van der Waals surface area contributed by atoms with Crippen LogP contribution in [0.25, 0.3) is 0 Å². The first-order valence-electron chi connectivity index (χ1n) is 3.52. The Morgan fingerprint density at radius 3 is 3.00 bits per heavy atom. The zero-order chi connectivity index (χ0) is 8.10. The molecule has 0 aliphatic heterocycles. The Balaban J connectivity index is 2.51. The van der Waals surface area contributed by atoms with Gasteiger partial charge < -0.3 is 10.2 Å². The Morgan fingerprint density at radius 2 is 2.36 bits per heavy atom. The molecule has 62 valence electrons. The first-order valence-corrected chi connectivity index (χ1v) is 4.50. The number of hydrogen-bond acceptors (Lipinski definition) is 5. The third-order valence-electron chi connectivity index (χ3n) is 1.07. The molecule has 1 rings (SSSR count). The second-order valence-corrected chi connectivity index (χ2v) is 3.15. The number of rotatable bonds is 4. The summed E-state index contributed by atoms with van der Waals surface area (Å²) in [6, 6.07) is 0. The van der Waals surface area contributed by atoms with Gasteiger partial charge in [0.1, 0.15) is 0 Å². The second kappa shape index (κ2) is 4.35. The van der Waals surface area contributed by atoms with Crippen molar-refractivity contribution in [3.05, 3.63) is 5.89 Å². The first kappa shape index (κ1) is 8.55. The van der Waals surface area contributed by atoms with Gasteiger partial charge in [0.25, 0.3) is 5.22 Å². The highest BCUT2D eigenvalue weighted by atomic mass is 32.2. The lowest BCUT2D eigenvalue weighted by atomic mass is 10.4. The van der Waals surface area contributed by atoms with Crippen LogP contribution in [0.5, 0.6) is 0 Å². The van der Waals surface area contributed by atoms with Crippen LogP contribution >= 0.6 is 11.8 Å². The molecule has 0 amide bonds. The number of hydrogen-bond donors (Lipinski definition) is 1. The molecule has 0 bridgehead atoms. The molecule has 0 aliphatic rings. The fourth-order valence-corrected chi connectivity index (χ4v) is 1.15. The largest absolute Gasteiger partial charge is 0.416 e. The molecule has 0 atom stereocenters. The van der Waals surface area contributed by atoms with Crippen molar-refractivity contribution in [3.63, 3.8) is 0 Å². The van der Waals surface area contributed by atoms with Crippen molar-refractivity contribution in [1.29, 1.82) is 0 Å². The average Bonchev–Trinajstić information content (AvgIpc) is 2.38. The van der Waals surface area contributed by atoms with Gasteiger partial charge in [-0.05, 0) is 5.75 Å². The third-order valence-corrected chi connectivity index (χ3v) is 1.77. The van der Waals surface area contributed by atoms with E-state index in [1.807, 2.05) is 6.92 Å². The predicted octanol–water partition coefficient (Wildman–Crippen LogP) is 0.683. The van der Waals surface area contributed by atoms with Gasteiger partial charge in [-0.3, -0.25) is 0 Å². The summed E-state index contributed by atoms with van der Waals surface area (Å²) in [6.07, 6.45) is 0.664. The average molecular weight is 173 g/mol. The Bertz CT molecular complexity index is 193. The minimum absolute atomic E-state index is 0.554. The van der Waals surface area contributed by atoms with E-state index in [0.29, 0.717) is 24.1 Å². The van der Waals surface area contributed by atoms with Gasteiger partial charge in [0.05, 0.1) is 0 Å². The minimum Gasteiger partial charge on any atom is -0.416 e. The van der Waals surface area contributed by atoms with Gasteiger partial charge in [0.2, 0.25) is 5.89 Å². The second-order valence-electron chi connectivity index (χ2n) is 1.93. The van der Waals surface area contributed by atoms with Crippen molar-refractivity contribution >= 4 is 11.8 Å². The normalized spacial score (nSPS) is 10.4. The molecule has 0 saturated carbocycles. The summed E-state index contributed by atoms with van der Waals surface area (Å²) in [5.41, 5.74) is 5.31. The number of nitrogens with two attached hydrogens (primary N) is 1. The highest BCUT2D eigenvalue weighted by Gasteiger charge is 2.03. The molecule has 0 fully saturated rings. The first-order chi connectivity index (χ1) is 5.36. The number of aromatic nitrogens is 2. The highest BCUT2D eigenvalue weighted by molar-refractivity contribution is 7.99. The van der Waals surface area contributed by atoms with Gasteiger partial charge in [-0.15, -0.1) is 10.2 Å². The van der Waals surface area contributed by atoms with E-state index in [1.54, 1.807) is 11.8 Å². The van der Waals surface area contributed by atoms with Gasteiger partial charge in [-0.1, -0.05) is 18.7 Å². The van der Waals surface area contributed by atoms with E-state index in [2.05, 4.69) is 10.2 Å². The van der Waals surface area contributed by atoms with Crippen LogP contribution in [0.15, 0.2) is 9.64 Å². The lowest BCUT2D eigenvalue weighted by Gasteiger charge is -1.87. The van der Waals surface area contributed by atoms with Gasteiger partial charge in [-0.25, -0.2) is 0 Å². The summed E-state index contributed by atoms with van der Waals surface area (Å²) >= 11 is 1.54. The lowest BCUT2D eigenvalue weighted by Crippen LogP contribution is -2.02. The van der Waals surface area contributed by atoms with Crippen LogP contribution in [0.3, 0.4) is 0 Å². The van der Waals surface area contributed by atoms with Gasteiger partial charge >= 0.3 is 0 Å². The zero-order valence-electron chi connectivity index (χ0n) is 6.41. The maximum atomic E-state index is 5.31. The third kappa shape index (κ3) is 2.51. The molecule has 1 aromatic heterocycles. The van der Waals surface area contributed by atoms with Crippen LogP contribution < -0.4 is 5.73 Å². The molecule has 0 aliphatic carbocycles. The fraction of sp³-hybridized carbons (Fsp3) is 0.667. The summed E-state index contributed by atoms with van der Waals surface area (Å²) in [5.74, 6) is 1.58. The van der Waals surface area contributed by atoms with Crippen molar-refractivity contribution in [2.45, 2.75) is 18.6 Å². The van der Waals surface area contributed by atoms with E-state index in [9.17, 15) is 0 Å². The monoisotopic (exact) mass is 173 g/mol. The van der Waals surface area contributed by atoms with Crippen molar-refractivity contribution in [3.8, 4) is 0 Å². The Hall–Kier alpha value is -0.550. The predicted molar refractivity (Wildman–Crippen MR) is 43.5 cm³/mol. The van der Waals surface area contributed by atoms with Crippen molar-refractivity contribution in [2.24, 2.45) is 5.73 Å². The summed E-state index contributed by atoms with van der Waals surface area (Å²) in [7, 11) is 0. The zero-order valence-corrected chi connectivity index (χ0v) is 7.23. The topological polar surface area (TPSA) is 64.9 Å². The summed E-state index contributed by atoms with van der Waals surface area (Å²) < 4.78 is 5.23. The fourth-order valence-electron chi connectivity index (χ4n) is 0.645. The van der Waals surface area contributed by atoms with E-state index >= 15 is 0 Å². The molecule has 5 heteroatoms. The van der Waals surface area contributed by atoms with Crippen molar-refractivity contribution in [2.75, 3.05) is 12.3 Å². The molecule has 0 saturated heterocycles. The molecule has 11 heavy (non-hydrogen) atoms. The molecule has 1 heterocycles. The quantitative estimate of drug-likeness (QED) is 0.678. The maximum Gasteiger partial charge on any atom is 0.276 e. The number of thioether (sulfide) groups is 1. The van der Waals surface area contributed by atoms with Crippen LogP contribution in [-0.4, -0.2) is 22.5 Å². The molecule has 0 spiro atoms. The molecule has 0 aromatic carbocycles. The summed E-state index contributed by atoms with van der Waals surface area (Å²) in [6.45, 7) is 2.59. The van der Waals surface area contributed by atoms with E-state index in [0.717, 1.165) is 5.75 Å². The molecule has 0 unspecified atom stereocenters. The van der Waals surface area contributed by atoms with E-state index in [1.165, 1.54) is 0 Å². The van der Waals surface area contributed by atoms with E-state index < -0.39 is 0 Å². The maximum absolute atomic E-state index is 5.31.